The fourth-order valence-corrected chi connectivity index (χ4v) is 3.81. The predicted molar refractivity (Wildman–Crippen MR) is 78.7 cm³/mol. The van der Waals surface area contributed by atoms with E-state index in [4.69, 9.17) is 0 Å². The van der Waals surface area contributed by atoms with Gasteiger partial charge in [0.15, 0.2) is 0 Å². The Morgan fingerprint density at radius 3 is 2.84 bits per heavy atom. The Morgan fingerprint density at radius 1 is 1.32 bits per heavy atom. The van der Waals surface area contributed by atoms with Gasteiger partial charge in [-0.3, -0.25) is 0 Å². The molecule has 0 aromatic carbocycles. The van der Waals surface area contributed by atoms with Crippen LogP contribution < -0.4 is 5.32 Å². The van der Waals surface area contributed by atoms with E-state index in [-0.39, 0.29) is 12.1 Å². The molecule has 4 nitrogen and oxygen atoms in total. The normalized spacial score (nSPS) is 18.6. The minimum atomic E-state index is -0.197. The molecule has 0 unspecified atom stereocenters. The number of aliphatic hydroxyl groups is 1. The Labute approximate surface area is 116 Å². The summed E-state index contributed by atoms with van der Waals surface area (Å²) in [5.41, 5.74) is 2.01. The quantitative estimate of drug-likeness (QED) is 0.905. The Hall–Kier alpha value is -1.20. The van der Waals surface area contributed by atoms with Crippen LogP contribution in [-0.4, -0.2) is 27.2 Å². The highest BCUT2D eigenvalue weighted by molar-refractivity contribution is 7.18. The van der Waals surface area contributed by atoms with Gasteiger partial charge in [-0.2, -0.15) is 0 Å². The maximum Gasteiger partial charge on any atom is 0.147 e. The molecular weight excluding hydrogens is 258 g/mol. The second-order valence-electron chi connectivity index (χ2n) is 5.44. The lowest BCUT2D eigenvalue weighted by atomic mass is 9.82. The first-order chi connectivity index (χ1) is 9.24. The second kappa shape index (κ2) is 5.06. The highest BCUT2D eigenvalue weighted by Crippen LogP contribution is 2.35. The SMILES string of the molecule is Cc1csc2c(NC3(CO)CCCCC3)ncnc12. The molecular formula is C14H19N3OS. The van der Waals surface area contributed by atoms with Crippen molar-refractivity contribution in [3.63, 3.8) is 0 Å². The summed E-state index contributed by atoms with van der Waals surface area (Å²) in [5.74, 6) is 0.874. The number of aliphatic hydroxyl groups excluding tert-OH is 1. The molecule has 1 saturated carbocycles. The number of fused-ring (bicyclic) bond motifs is 1. The molecule has 0 saturated heterocycles. The van der Waals surface area contributed by atoms with E-state index in [1.165, 1.54) is 24.8 Å². The van der Waals surface area contributed by atoms with Crippen LogP contribution in [0, 0.1) is 6.92 Å². The molecule has 1 aliphatic rings. The van der Waals surface area contributed by atoms with Crippen molar-refractivity contribution in [1.29, 1.82) is 0 Å². The smallest absolute Gasteiger partial charge is 0.147 e. The number of hydrogen-bond acceptors (Lipinski definition) is 5. The summed E-state index contributed by atoms with van der Waals surface area (Å²) in [6, 6.07) is 0. The molecule has 2 aromatic rings. The Kier molecular flexibility index (Phi) is 3.41. The number of hydrogen-bond donors (Lipinski definition) is 2. The molecule has 102 valence electrons. The van der Waals surface area contributed by atoms with Crippen LogP contribution >= 0.6 is 11.3 Å². The van der Waals surface area contributed by atoms with Gasteiger partial charge in [0.05, 0.1) is 22.4 Å². The van der Waals surface area contributed by atoms with Crippen molar-refractivity contribution in [2.24, 2.45) is 0 Å². The van der Waals surface area contributed by atoms with Gasteiger partial charge in [0.25, 0.3) is 0 Å². The predicted octanol–water partition coefficient (Wildman–Crippen LogP) is 3.11. The second-order valence-corrected chi connectivity index (χ2v) is 6.32. The van der Waals surface area contributed by atoms with Gasteiger partial charge >= 0.3 is 0 Å². The summed E-state index contributed by atoms with van der Waals surface area (Å²) in [5, 5.41) is 15.4. The average Bonchev–Trinajstić information content (AvgIpc) is 2.83. The lowest BCUT2D eigenvalue weighted by Gasteiger charge is -2.37. The van der Waals surface area contributed by atoms with Gasteiger partial charge < -0.3 is 10.4 Å². The van der Waals surface area contributed by atoms with Gasteiger partial charge in [-0.25, -0.2) is 9.97 Å². The molecule has 19 heavy (non-hydrogen) atoms. The Morgan fingerprint density at radius 2 is 2.11 bits per heavy atom. The first-order valence-corrected chi connectivity index (χ1v) is 7.70. The van der Waals surface area contributed by atoms with Crippen LogP contribution in [0.15, 0.2) is 11.7 Å². The van der Waals surface area contributed by atoms with Crippen LogP contribution in [0.25, 0.3) is 10.2 Å². The molecule has 2 aromatic heterocycles. The molecule has 3 rings (SSSR count). The van der Waals surface area contributed by atoms with E-state index in [0.29, 0.717) is 0 Å². The molecule has 5 heteroatoms. The van der Waals surface area contributed by atoms with Crippen molar-refractivity contribution >= 4 is 27.4 Å². The Balaban J connectivity index is 1.95. The van der Waals surface area contributed by atoms with Crippen molar-refractivity contribution < 1.29 is 5.11 Å². The van der Waals surface area contributed by atoms with Gasteiger partial charge in [0.1, 0.15) is 12.1 Å². The number of aromatic nitrogens is 2. The minimum Gasteiger partial charge on any atom is -0.394 e. The fourth-order valence-electron chi connectivity index (χ4n) is 2.86. The lowest BCUT2D eigenvalue weighted by Crippen LogP contribution is -2.44. The van der Waals surface area contributed by atoms with E-state index in [9.17, 15) is 5.11 Å². The lowest BCUT2D eigenvalue weighted by molar-refractivity contribution is 0.172. The largest absolute Gasteiger partial charge is 0.394 e. The third-order valence-electron chi connectivity index (χ3n) is 4.03. The van der Waals surface area contributed by atoms with Crippen LogP contribution in [0.3, 0.4) is 0 Å². The Bertz CT molecular complexity index is 575. The molecule has 0 aliphatic heterocycles. The summed E-state index contributed by atoms with van der Waals surface area (Å²) < 4.78 is 1.10. The summed E-state index contributed by atoms with van der Waals surface area (Å²) >= 11 is 1.67. The van der Waals surface area contributed by atoms with E-state index in [2.05, 4.69) is 27.6 Å². The number of nitrogens with one attached hydrogen (secondary N) is 1. The van der Waals surface area contributed by atoms with Crippen molar-refractivity contribution in [2.45, 2.75) is 44.6 Å². The molecule has 2 N–H and O–H groups in total. The summed E-state index contributed by atoms with van der Waals surface area (Å²) in [6.07, 6.45) is 7.24. The van der Waals surface area contributed by atoms with Gasteiger partial charge in [-0.15, -0.1) is 11.3 Å². The van der Waals surface area contributed by atoms with Crippen molar-refractivity contribution in [1.82, 2.24) is 9.97 Å². The molecule has 0 amide bonds. The number of thiophene rings is 1. The van der Waals surface area contributed by atoms with Crippen molar-refractivity contribution in [3.8, 4) is 0 Å². The van der Waals surface area contributed by atoms with Crippen LogP contribution in [0.5, 0.6) is 0 Å². The topological polar surface area (TPSA) is 58.0 Å². The molecule has 2 heterocycles. The van der Waals surface area contributed by atoms with E-state index in [1.807, 2.05) is 0 Å². The molecule has 1 aliphatic carbocycles. The van der Waals surface area contributed by atoms with Gasteiger partial charge in [0.2, 0.25) is 0 Å². The van der Waals surface area contributed by atoms with E-state index < -0.39 is 0 Å². The molecule has 0 bridgehead atoms. The zero-order valence-electron chi connectivity index (χ0n) is 11.1. The van der Waals surface area contributed by atoms with Crippen LogP contribution in [0.1, 0.15) is 37.7 Å². The highest BCUT2D eigenvalue weighted by Gasteiger charge is 2.32. The third kappa shape index (κ3) is 2.32. The number of aryl methyl sites for hydroxylation is 1. The van der Waals surface area contributed by atoms with Crippen LogP contribution in [0.2, 0.25) is 0 Å². The minimum absolute atomic E-state index is 0.169. The summed E-state index contributed by atoms with van der Waals surface area (Å²) in [6.45, 7) is 2.24. The molecule has 0 atom stereocenters. The van der Waals surface area contributed by atoms with Gasteiger partial charge in [0, 0.05) is 0 Å². The van der Waals surface area contributed by atoms with Crippen LogP contribution in [-0.2, 0) is 0 Å². The van der Waals surface area contributed by atoms with E-state index >= 15 is 0 Å². The van der Waals surface area contributed by atoms with Crippen LogP contribution in [0.4, 0.5) is 5.82 Å². The number of anilines is 1. The number of nitrogens with zero attached hydrogens (tertiary/aromatic N) is 2. The van der Waals surface area contributed by atoms with E-state index in [0.717, 1.165) is 28.9 Å². The summed E-state index contributed by atoms with van der Waals surface area (Å²) in [4.78, 5) is 8.72. The molecule has 1 fully saturated rings. The van der Waals surface area contributed by atoms with Gasteiger partial charge in [-0.05, 0) is 30.7 Å². The highest BCUT2D eigenvalue weighted by atomic mass is 32.1. The average molecular weight is 277 g/mol. The maximum atomic E-state index is 9.78. The fraction of sp³-hybridized carbons (Fsp3) is 0.571. The monoisotopic (exact) mass is 277 g/mol. The van der Waals surface area contributed by atoms with Crippen molar-refractivity contribution in [3.05, 3.63) is 17.3 Å². The first kappa shape index (κ1) is 12.8. The standard InChI is InChI=1S/C14H19N3OS/c1-10-7-19-12-11(10)15-9-16-13(12)17-14(8-18)5-3-2-4-6-14/h7,9,18H,2-6,8H2,1H3,(H,15,16,17). The first-order valence-electron chi connectivity index (χ1n) is 6.82. The zero-order valence-corrected chi connectivity index (χ0v) is 12.0. The molecule has 0 radical (unpaired) electrons. The summed E-state index contributed by atoms with van der Waals surface area (Å²) in [7, 11) is 0. The van der Waals surface area contributed by atoms with Crippen molar-refractivity contribution in [2.75, 3.05) is 11.9 Å². The van der Waals surface area contributed by atoms with Gasteiger partial charge in [-0.1, -0.05) is 19.3 Å². The third-order valence-corrected chi connectivity index (χ3v) is 5.12. The number of rotatable bonds is 3. The van der Waals surface area contributed by atoms with E-state index in [1.54, 1.807) is 17.7 Å². The maximum absolute atomic E-state index is 9.78. The molecule has 0 spiro atoms. The zero-order chi connectivity index (χ0) is 13.3.